The number of carbonyl (C=O) groups is 1. The summed E-state index contributed by atoms with van der Waals surface area (Å²) in [7, 11) is 0. The van der Waals surface area contributed by atoms with Crippen molar-refractivity contribution in [3.63, 3.8) is 0 Å². The molecule has 0 radical (unpaired) electrons. The Morgan fingerprint density at radius 3 is 2.53 bits per heavy atom. The fourth-order valence-corrected chi connectivity index (χ4v) is 1.30. The number of para-hydroxylation sites is 2. The topological polar surface area (TPSA) is 38.3 Å². The number of benzene rings is 1. The van der Waals surface area contributed by atoms with Crippen LogP contribution in [0.15, 0.2) is 24.3 Å². The quantitative estimate of drug-likeness (QED) is 0.848. The van der Waals surface area contributed by atoms with Gasteiger partial charge in [-0.05, 0) is 25.5 Å². The Hall–Kier alpha value is -1.51. The standard InChI is InChI=1S/C14H21NO2/c1-5-14(3,4)13(16)15-11-9-7-8-10-12(11)17-6-2/h7-10H,5-6H2,1-4H3,(H,15,16). The maximum absolute atomic E-state index is 12.1. The largest absolute Gasteiger partial charge is 0.492 e. The zero-order valence-corrected chi connectivity index (χ0v) is 11.0. The smallest absolute Gasteiger partial charge is 0.230 e. The lowest BCUT2D eigenvalue weighted by Gasteiger charge is -2.22. The Morgan fingerprint density at radius 1 is 1.29 bits per heavy atom. The molecule has 0 saturated carbocycles. The van der Waals surface area contributed by atoms with Gasteiger partial charge in [-0.3, -0.25) is 4.79 Å². The van der Waals surface area contributed by atoms with Gasteiger partial charge >= 0.3 is 0 Å². The van der Waals surface area contributed by atoms with E-state index in [4.69, 9.17) is 4.74 Å². The minimum absolute atomic E-state index is 0.0205. The first-order valence-corrected chi connectivity index (χ1v) is 6.04. The third kappa shape index (κ3) is 3.48. The van der Waals surface area contributed by atoms with E-state index in [1.165, 1.54) is 0 Å². The van der Waals surface area contributed by atoms with Gasteiger partial charge < -0.3 is 10.1 Å². The normalized spacial score (nSPS) is 11.1. The Balaban J connectivity index is 2.84. The van der Waals surface area contributed by atoms with Crippen molar-refractivity contribution in [1.29, 1.82) is 0 Å². The molecular formula is C14H21NO2. The van der Waals surface area contributed by atoms with Crippen molar-refractivity contribution in [3.8, 4) is 5.75 Å². The van der Waals surface area contributed by atoms with E-state index in [1.54, 1.807) is 0 Å². The van der Waals surface area contributed by atoms with Crippen molar-refractivity contribution < 1.29 is 9.53 Å². The maximum atomic E-state index is 12.1. The summed E-state index contributed by atoms with van der Waals surface area (Å²) < 4.78 is 5.47. The molecule has 1 amide bonds. The Morgan fingerprint density at radius 2 is 1.94 bits per heavy atom. The van der Waals surface area contributed by atoms with Gasteiger partial charge in [0.1, 0.15) is 5.75 Å². The second kappa shape index (κ2) is 5.71. The van der Waals surface area contributed by atoms with E-state index < -0.39 is 0 Å². The number of nitrogens with one attached hydrogen (secondary N) is 1. The lowest BCUT2D eigenvalue weighted by atomic mass is 9.89. The highest BCUT2D eigenvalue weighted by Crippen LogP contribution is 2.27. The zero-order valence-electron chi connectivity index (χ0n) is 11.0. The van der Waals surface area contributed by atoms with Gasteiger partial charge in [-0.2, -0.15) is 0 Å². The van der Waals surface area contributed by atoms with Crippen LogP contribution in [0.3, 0.4) is 0 Å². The van der Waals surface area contributed by atoms with Crippen LogP contribution in [-0.4, -0.2) is 12.5 Å². The van der Waals surface area contributed by atoms with E-state index in [0.717, 1.165) is 17.9 Å². The molecule has 1 rings (SSSR count). The molecular weight excluding hydrogens is 214 g/mol. The number of ether oxygens (including phenoxy) is 1. The third-order valence-electron chi connectivity index (χ3n) is 2.93. The number of anilines is 1. The van der Waals surface area contributed by atoms with Crippen LogP contribution >= 0.6 is 0 Å². The van der Waals surface area contributed by atoms with Gasteiger partial charge in [-0.25, -0.2) is 0 Å². The average molecular weight is 235 g/mol. The highest BCUT2D eigenvalue weighted by atomic mass is 16.5. The predicted molar refractivity (Wildman–Crippen MR) is 70.3 cm³/mol. The third-order valence-corrected chi connectivity index (χ3v) is 2.93. The van der Waals surface area contributed by atoms with Gasteiger partial charge in [-0.1, -0.05) is 32.9 Å². The summed E-state index contributed by atoms with van der Waals surface area (Å²) in [6, 6.07) is 7.50. The molecule has 0 aliphatic heterocycles. The van der Waals surface area contributed by atoms with Gasteiger partial charge in [0.25, 0.3) is 0 Å². The lowest BCUT2D eigenvalue weighted by molar-refractivity contribution is -0.124. The molecule has 0 aliphatic carbocycles. The molecule has 3 heteroatoms. The van der Waals surface area contributed by atoms with Gasteiger partial charge in [0.2, 0.25) is 5.91 Å². The Bertz CT molecular complexity index is 386. The summed E-state index contributed by atoms with van der Waals surface area (Å²) in [5.41, 5.74) is 0.375. The van der Waals surface area contributed by atoms with E-state index in [9.17, 15) is 4.79 Å². The first kappa shape index (κ1) is 13.6. The molecule has 1 aromatic rings. The van der Waals surface area contributed by atoms with Crippen molar-refractivity contribution in [3.05, 3.63) is 24.3 Å². The molecule has 0 saturated heterocycles. The van der Waals surface area contributed by atoms with Gasteiger partial charge in [0.05, 0.1) is 12.3 Å². The van der Waals surface area contributed by atoms with Crippen LogP contribution in [0.1, 0.15) is 34.1 Å². The molecule has 0 heterocycles. The van der Waals surface area contributed by atoms with E-state index in [2.05, 4.69) is 5.32 Å². The highest BCUT2D eigenvalue weighted by molar-refractivity contribution is 5.95. The van der Waals surface area contributed by atoms with E-state index in [0.29, 0.717) is 6.61 Å². The molecule has 17 heavy (non-hydrogen) atoms. The SMILES string of the molecule is CCOc1ccccc1NC(=O)C(C)(C)CC. The van der Waals surface area contributed by atoms with Gasteiger partial charge in [-0.15, -0.1) is 0 Å². The van der Waals surface area contributed by atoms with Crippen LogP contribution < -0.4 is 10.1 Å². The Kier molecular flexibility index (Phi) is 4.55. The van der Waals surface area contributed by atoms with Crippen LogP contribution in [0.4, 0.5) is 5.69 Å². The molecule has 0 atom stereocenters. The zero-order chi connectivity index (χ0) is 12.9. The maximum Gasteiger partial charge on any atom is 0.230 e. The summed E-state index contributed by atoms with van der Waals surface area (Å²) in [5, 5.41) is 2.92. The predicted octanol–water partition coefficient (Wildman–Crippen LogP) is 3.46. The van der Waals surface area contributed by atoms with Gasteiger partial charge in [0, 0.05) is 5.41 Å². The molecule has 3 nitrogen and oxygen atoms in total. The molecule has 1 aromatic carbocycles. The average Bonchev–Trinajstić information content (AvgIpc) is 2.32. The number of hydrogen-bond donors (Lipinski definition) is 1. The molecule has 1 N–H and O–H groups in total. The summed E-state index contributed by atoms with van der Waals surface area (Å²) in [6.07, 6.45) is 0.801. The second-order valence-electron chi connectivity index (χ2n) is 4.62. The van der Waals surface area contributed by atoms with E-state index in [-0.39, 0.29) is 11.3 Å². The van der Waals surface area contributed by atoms with Crippen molar-refractivity contribution >= 4 is 11.6 Å². The van der Waals surface area contributed by atoms with Crippen LogP contribution in [-0.2, 0) is 4.79 Å². The van der Waals surface area contributed by atoms with Gasteiger partial charge in [0.15, 0.2) is 0 Å². The van der Waals surface area contributed by atoms with Crippen molar-refractivity contribution in [2.75, 3.05) is 11.9 Å². The highest BCUT2D eigenvalue weighted by Gasteiger charge is 2.25. The fraction of sp³-hybridized carbons (Fsp3) is 0.500. The van der Waals surface area contributed by atoms with Crippen LogP contribution in [0.25, 0.3) is 0 Å². The van der Waals surface area contributed by atoms with Crippen LogP contribution in [0, 0.1) is 5.41 Å². The molecule has 0 aromatic heterocycles. The molecule has 0 bridgehead atoms. The number of amides is 1. The van der Waals surface area contributed by atoms with E-state index in [1.807, 2.05) is 52.0 Å². The molecule has 0 spiro atoms. The molecule has 0 unspecified atom stereocenters. The summed E-state index contributed by atoms with van der Waals surface area (Å²) in [5.74, 6) is 0.738. The number of carbonyl (C=O) groups excluding carboxylic acids is 1. The summed E-state index contributed by atoms with van der Waals surface area (Å²) in [6.45, 7) is 8.39. The fourth-order valence-electron chi connectivity index (χ4n) is 1.30. The van der Waals surface area contributed by atoms with Crippen LogP contribution in [0.5, 0.6) is 5.75 Å². The van der Waals surface area contributed by atoms with E-state index >= 15 is 0 Å². The molecule has 0 aliphatic rings. The van der Waals surface area contributed by atoms with Crippen LogP contribution in [0.2, 0.25) is 0 Å². The summed E-state index contributed by atoms with van der Waals surface area (Å²) in [4.78, 5) is 12.1. The monoisotopic (exact) mass is 235 g/mol. The number of hydrogen-bond acceptors (Lipinski definition) is 2. The first-order chi connectivity index (χ1) is 8.01. The van der Waals surface area contributed by atoms with Crippen molar-refractivity contribution in [2.24, 2.45) is 5.41 Å². The van der Waals surface area contributed by atoms with Crippen molar-refractivity contribution in [1.82, 2.24) is 0 Å². The molecule has 94 valence electrons. The number of rotatable bonds is 5. The Labute approximate surface area is 103 Å². The lowest BCUT2D eigenvalue weighted by Crippen LogP contribution is -2.30. The minimum Gasteiger partial charge on any atom is -0.492 e. The first-order valence-electron chi connectivity index (χ1n) is 6.04. The second-order valence-corrected chi connectivity index (χ2v) is 4.62. The van der Waals surface area contributed by atoms with Crippen molar-refractivity contribution in [2.45, 2.75) is 34.1 Å². The minimum atomic E-state index is -0.362. The molecule has 0 fully saturated rings. The summed E-state index contributed by atoms with van der Waals surface area (Å²) >= 11 is 0.